The zero-order chi connectivity index (χ0) is 18.9. The van der Waals surface area contributed by atoms with Crippen LogP contribution in [0.1, 0.15) is 116 Å². The number of carbonyl (C=O) groups is 2. The third-order valence-corrected chi connectivity index (χ3v) is 5.12. The fraction of sp³-hybridized carbons (Fsp3) is 0.909. The van der Waals surface area contributed by atoms with Crippen LogP contribution in [-0.2, 0) is 19.1 Å². The third kappa shape index (κ3) is 13.2. The lowest BCUT2D eigenvalue weighted by molar-refractivity contribution is -0.153. The Bertz CT molecular complexity index is 363. The number of ether oxygens (including phenoxy) is 2. The molecular formula is C22H40O4. The summed E-state index contributed by atoms with van der Waals surface area (Å²) in [6.45, 7) is 2.79. The summed E-state index contributed by atoms with van der Waals surface area (Å²) >= 11 is 0. The second kappa shape index (κ2) is 16.1. The first-order chi connectivity index (χ1) is 12.7. The molecule has 0 aromatic carbocycles. The van der Waals surface area contributed by atoms with Crippen molar-refractivity contribution in [2.45, 2.75) is 122 Å². The molecule has 1 aliphatic carbocycles. The van der Waals surface area contributed by atoms with E-state index in [-0.39, 0.29) is 18.0 Å². The molecule has 0 radical (unpaired) electrons. The van der Waals surface area contributed by atoms with Crippen molar-refractivity contribution >= 4 is 11.9 Å². The number of rotatable bonds is 17. The van der Waals surface area contributed by atoms with E-state index in [0.29, 0.717) is 32.3 Å². The molecule has 0 unspecified atom stereocenters. The smallest absolute Gasteiger partial charge is 0.306 e. The molecular weight excluding hydrogens is 328 g/mol. The number of unbranched alkanes of at least 4 members (excludes halogenated alkanes) is 10. The van der Waals surface area contributed by atoms with E-state index in [4.69, 9.17) is 9.47 Å². The van der Waals surface area contributed by atoms with Crippen LogP contribution in [0.15, 0.2) is 0 Å². The van der Waals surface area contributed by atoms with Gasteiger partial charge in [-0.2, -0.15) is 0 Å². The molecule has 4 heteroatoms. The van der Waals surface area contributed by atoms with Gasteiger partial charge in [0.15, 0.2) is 0 Å². The highest BCUT2D eigenvalue weighted by Gasteiger charge is 2.21. The average Bonchev–Trinajstić information content (AvgIpc) is 2.60. The van der Waals surface area contributed by atoms with Crippen molar-refractivity contribution in [2.75, 3.05) is 6.61 Å². The molecule has 0 bridgehead atoms. The Morgan fingerprint density at radius 3 is 1.81 bits per heavy atom. The van der Waals surface area contributed by atoms with E-state index in [1.165, 1.54) is 57.8 Å². The summed E-state index contributed by atoms with van der Waals surface area (Å²) in [5.74, 6) is -0.248. The maximum atomic E-state index is 11.6. The van der Waals surface area contributed by atoms with Gasteiger partial charge in [-0.15, -0.1) is 0 Å². The Morgan fingerprint density at radius 1 is 0.731 bits per heavy atom. The van der Waals surface area contributed by atoms with Gasteiger partial charge in [0.05, 0.1) is 6.61 Å². The number of hydrogen-bond donors (Lipinski definition) is 0. The summed E-state index contributed by atoms with van der Waals surface area (Å²) in [7, 11) is 0. The van der Waals surface area contributed by atoms with Gasteiger partial charge in [0.2, 0.25) is 0 Å². The van der Waals surface area contributed by atoms with E-state index < -0.39 is 0 Å². The Hall–Kier alpha value is -1.06. The number of esters is 2. The fourth-order valence-electron chi connectivity index (χ4n) is 3.12. The molecule has 0 amide bonds. The second-order valence-corrected chi connectivity index (χ2v) is 7.65. The fourth-order valence-corrected chi connectivity index (χ4v) is 3.12. The van der Waals surface area contributed by atoms with Crippen LogP contribution in [0.5, 0.6) is 0 Å². The van der Waals surface area contributed by atoms with E-state index in [2.05, 4.69) is 6.92 Å². The van der Waals surface area contributed by atoms with Gasteiger partial charge in [-0.3, -0.25) is 9.59 Å². The van der Waals surface area contributed by atoms with Gasteiger partial charge in [-0.05, 0) is 38.5 Å². The Kier molecular flexibility index (Phi) is 14.3. The van der Waals surface area contributed by atoms with E-state index >= 15 is 0 Å². The van der Waals surface area contributed by atoms with E-state index in [1.807, 2.05) is 0 Å². The monoisotopic (exact) mass is 368 g/mol. The van der Waals surface area contributed by atoms with Gasteiger partial charge in [-0.25, -0.2) is 0 Å². The van der Waals surface area contributed by atoms with Crippen molar-refractivity contribution in [1.82, 2.24) is 0 Å². The summed E-state index contributed by atoms with van der Waals surface area (Å²) in [6.07, 6.45) is 18.4. The summed E-state index contributed by atoms with van der Waals surface area (Å²) < 4.78 is 10.5. The van der Waals surface area contributed by atoms with Crippen LogP contribution in [0, 0.1) is 0 Å². The van der Waals surface area contributed by atoms with Gasteiger partial charge in [0, 0.05) is 12.8 Å². The minimum absolute atomic E-state index is 0.117. The molecule has 0 aromatic heterocycles. The molecule has 0 aromatic rings. The number of carbonyl (C=O) groups excluding carboxylic acids is 2. The molecule has 1 fully saturated rings. The third-order valence-electron chi connectivity index (χ3n) is 5.12. The first kappa shape index (κ1) is 23.0. The van der Waals surface area contributed by atoms with Crippen LogP contribution in [0.2, 0.25) is 0 Å². The molecule has 0 saturated heterocycles. The van der Waals surface area contributed by atoms with Gasteiger partial charge >= 0.3 is 11.9 Å². The topological polar surface area (TPSA) is 52.6 Å². The molecule has 4 nitrogen and oxygen atoms in total. The molecule has 0 N–H and O–H groups in total. The van der Waals surface area contributed by atoms with Crippen LogP contribution in [0.4, 0.5) is 0 Å². The predicted molar refractivity (Wildman–Crippen MR) is 105 cm³/mol. The molecule has 152 valence electrons. The van der Waals surface area contributed by atoms with Gasteiger partial charge in [0.1, 0.15) is 6.10 Å². The van der Waals surface area contributed by atoms with Crippen molar-refractivity contribution in [2.24, 2.45) is 0 Å². The van der Waals surface area contributed by atoms with E-state index in [0.717, 1.165) is 25.7 Å². The quantitative estimate of drug-likeness (QED) is 0.230. The molecule has 0 spiro atoms. The van der Waals surface area contributed by atoms with Gasteiger partial charge < -0.3 is 9.47 Å². The molecule has 0 aliphatic heterocycles. The van der Waals surface area contributed by atoms with E-state index in [1.54, 1.807) is 0 Å². The lowest BCUT2D eigenvalue weighted by Crippen LogP contribution is -2.24. The zero-order valence-corrected chi connectivity index (χ0v) is 16.9. The lowest BCUT2D eigenvalue weighted by atomic mass is 9.96. The molecule has 26 heavy (non-hydrogen) atoms. The highest BCUT2D eigenvalue weighted by molar-refractivity contribution is 5.70. The summed E-state index contributed by atoms with van der Waals surface area (Å²) in [4.78, 5) is 23.2. The molecule has 1 saturated carbocycles. The molecule has 1 aliphatic rings. The Morgan fingerprint density at radius 2 is 1.27 bits per heavy atom. The highest BCUT2D eigenvalue weighted by atomic mass is 16.5. The summed E-state index contributed by atoms with van der Waals surface area (Å²) in [5.41, 5.74) is 0. The second-order valence-electron chi connectivity index (χ2n) is 7.65. The van der Waals surface area contributed by atoms with Crippen LogP contribution in [-0.4, -0.2) is 24.6 Å². The Balaban J connectivity index is 1.77. The molecule has 0 heterocycles. The summed E-state index contributed by atoms with van der Waals surface area (Å²) in [6, 6.07) is 0. The Labute approximate surface area is 160 Å². The first-order valence-electron chi connectivity index (χ1n) is 11.1. The largest absolute Gasteiger partial charge is 0.466 e. The van der Waals surface area contributed by atoms with Gasteiger partial charge in [-0.1, -0.05) is 64.7 Å². The standard InChI is InChI=1S/C22H40O4/c1-2-3-4-5-6-7-8-9-10-13-19-25-21(23)17-11-12-18-22(24)26-20-15-14-16-20/h20H,2-19H2,1H3. The maximum Gasteiger partial charge on any atom is 0.306 e. The average molecular weight is 369 g/mol. The van der Waals surface area contributed by atoms with Crippen molar-refractivity contribution in [1.29, 1.82) is 0 Å². The minimum atomic E-state index is -0.131. The van der Waals surface area contributed by atoms with Crippen LogP contribution in [0.25, 0.3) is 0 Å². The highest BCUT2D eigenvalue weighted by Crippen LogP contribution is 2.22. The van der Waals surface area contributed by atoms with Crippen LogP contribution >= 0.6 is 0 Å². The van der Waals surface area contributed by atoms with Crippen LogP contribution < -0.4 is 0 Å². The van der Waals surface area contributed by atoms with Crippen molar-refractivity contribution in [3.05, 3.63) is 0 Å². The molecule has 0 atom stereocenters. The SMILES string of the molecule is CCCCCCCCCCCCOC(=O)CCCCC(=O)OC1CCC1. The minimum Gasteiger partial charge on any atom is -0.466 e. The first-order valence-corrected chi connectivity index (χ1v) is 11.1. The van der Waals surface area contributed by atoms with Crippen LogP contribution in [0.3, 0.4) is 0 Å². The van der Waals surface area contributed by atoms with Crippen molar-refractivity contribution < 1.29 is 19.1 Å². The van der Waals surface area contributed by atoms with E-state index in [9.17, 15) is 9.59 Å². The van der Waals surface area contributed by atoms with Gasteiger partial charge in [0.25, 0.3) is 0 Å². The van der Waals surface area contributed by atoms with Crippen molar-refractivity contribution in [3.63, 3.8) is 0 Å². The summed E-state index contributed by atoms with van der Waals surface area (Å²) in [5, 5.41) is 0. The lowest BCUT2D eigenvalue weighted by Gasteiger charge is -2.25. The zero-order valence-electron chi connectivity index (χ0n) is 16.9. The number of hydrogen-bond acceptors (Lipinski definition) is 4. The van der Waals surface area contributed by atoms with Crippen molar-refractivity contribution in [3.8, 4) is 0 Å². The molecule has 1 rings (SSSR count). The normalized spacial score (nSPS) is 14.0. The predicted octanol–water partition coefficient (Wildman–Crippen LogP) is 6.11. The maximum absolute atomic E-state index is 11.6.